The Morgan fingerprint density at radius 3 is 2.59 bits per heavy atom. The molecule has 1 aromatic carbocycles. The molecule has 2 saturated heterocycles. The summed E-state index contributed by atoms with van der Waals surface area (Å²) in [5.74, 6) is 2.08. The molecule has 2 fully saturated rings. The zero-order valence-corrected chi connectivity index (χ0v) is 19.5. The summed E-state index contributed by atoms with van der Waals surface area (Å²) >= 11 is 0. The minimum atomic E-state index is 0.0536. The van der Waals surface area contributed by atoms with E-state index in [1.54, 1.807) is 6.20 Å². The third-order valence-corrected chi connectivity index (χ3v) is 6.82. The van der Waals surface area contributed by atoms with Crippen molar-refractivity contribution >= 4 is 11.7 Å². The number of rotatable bonds is 7. The standard InChI is InChI=1S/C26H32N6O2/c33-25(28-14-19-31-15-5-2-6-16-31)21-11-17-32(18-12-21)24-22(10-7-13-27-24)26-29-23(30-34-26)20-8-3-1-4-9-20/h1,3-4,7-10,13,21H,2,5-6,11-12,14-19H2,(H,28,33). The van der Waals surface area contributed by atoms with Crippen LogP contribution < -0.4 is 10.2 Å². The molecule has 1 amide bonds. The van der Waals surface area contributed by atoms with Gasteiger partial charge in [-0.1, -0.05) is 41.9 Å². The minimum absolute atomic E-state index is 0.0536. The van der Waals surface area contributed by atoms with Gasteiger partial charge in [0.1, 0.15) is 5.82 Å². The molecule has 0 unspecified atom stereocenters. The van der Waals surface area contributed by atoms with Crippen LogP contribution in [0.2, 0.25) is 0 Å². The molecule has 5 rings (SSSR count). The fourth-order valence-electron chi connectivity index (χ4n) is 4.87. The van der Waals surface area contributed by atoms with Crippen molar-refractivity contribution in [2.24, 2.45) is 5.92 Å². The second-order valence-electron chi connectivity index (χ2n) is 9.12. The van der Waals surface area contributed by atoms with Crippen molar-refractivity contribution in [1.82, 2.24) is 25.3 Å². The second kappa shape index (κ2) is 10.8. The monoisotopic (exact) mass is 460 g/mol. The predicted octanol–water partition coefficient (Wildman–Crippen LogP) is 3.62. The molecule has 0 bridgehead atoms. The highest BCUT2D eigenvalue weighted by Gasteiger charge is 2.28. The number of nitrogens with zero attached hydrogens (tertiary/aromatic N) is 5. The molecule has 34 heavy (non-hydrogen) atoms. The Kier molecular flexibility index (Phi) is 7.14. The SMILES string of the molecule is O=C(NCCN1CCCCC1)C1CCN(c2ncccc2-c2nc(-c3ccccc3)no2)CC1. The van der Waals surface area contributed by atoms with Crippen LogP contribution in [0.4, 0.5) is 5.82 Å². The molecule has 0 atom stereocenters. The first-order valence-corrected chi connectivity index (χ1v) is 12.4. The molecule has 0 spiro atoms. The van der Waals surface area contributed by atoms with Crippen LogP contribution in [-0.4, -0.2) is 65.2 Å². The number of aromatic nitrogens is 3. The minimum Gasteiger partial charge on any atom is -0.356 e. The van der Waals surface area contributed by atoms with Gasteiger partial charge in [-0.3, -0.25) is 4.79 Å². The maximum Gasteiger partial charge on any atom is 0.261 e. The Morgan fingerprint density at radius 2 is 1.79 bits per heavy atom. The largest absolute Gasteiger partial charge is 0.356 e. The van der Waals surface area contributed by atoms with E-state index in [0.717, 1.165) is 69.1 Å². The molecule has 2 aliphatic rings. The fraction of sp³-hybridized carbons (Fsp3) is 0.462. The molecule has 178 valence electrons. The van der Waals surface area contributed by atoms with E-state index in [9.17, 15) is 4.79 Å². The summed E-state index contributed by atoms with van der Waals surface area (Å²) < 4.78 is 5.59. The van der Waals surface area contributed by atoms with Gasteiger partial charge in [-0.2, -0.15) is 4.98 Å². The number of carbonyl (C=O) groups excluding carboxylic acids is 1. The zero-order valence-electron chi connectivity index (χ0n) is 19.5. The van der Waals surface area contributed by atoms with Gasteiger partial charge in [-0.15, -0.1) is 0 Å². The lowest BCUT2D eigenvalue weighted by Crippen LogP contribution is -2.43. The summed E-state index contributed by atoms with van der Waals surface area (Å²) in [6.45, 7) is 5.56. The average Bonchev–Trinajstić information content (AvgIpc) is 3.40. The van der Waals surface area contributed by atoms with Crippen LogP contribution in [0.1, 0.15) is 32.1 Å². The van der Waals surface area contributed by atoms with Crippen LogP contribution in [0.25, 0.3) is 22.8 Å². The van der Waals surface area contributed by atoms with Gasteiger partial charge in [0.15, 0.2) is 0 Å². The molecule has 0 radical (unpaired) electrons. The molecule has 4 heterocycles. The molecule has 0 saturated carbocycles. The zero-order chi connectivity index (χ0) is 23.2. The Balaban J connectivity index is 1.18. The number of carbonyl (C=O) groups is 1. The highest BCUT2D eigenvalue weighted by Crippen LogP contribution is 2.31. The molecule has 2 aromatic heterocycles. The molecule has 0 aliphatic carbocycles. The van der Waals surface area contributed by atoms with E-state index in [4.69, 9.17) is 4.52 Å². The Hall–Kier alpha value is -3.26. The van der Waals surface area contributed by atoms with Gasteiger partial charge in [0.25, 0.3) is 5.89 Å². The third-order valence-electron chi connectivity index (χ3n) is 6.82. The van der Waals surface area contributed by atoms with Gasteiger partial charge >= 0.3 is 0 Å². The molecule has 2 aliphatic heterocycles. The fourth-order valence-corrected chi connectivity index (χ4v) is 4.87. The van der Waals surface area contributed by atoms with Crippen molar-refractivity contribution in [2.75, 3.05) is 44.2 Å². The van der Waals surface area contributed by atoms with Gasteiger partial charge in [0, 0.05) is 43.9 Å². The molecule has 8 nitrogen and oxygen atoms in total. The van der Waals surface area contributed by atoms with Crippen molar-refractivity contribution < 1.29 is 9.32 Å². The van der Waals surface area contributed by atoms with E-state index in [1.165, 1.54) is 19.3 Å². The van der Waals surface area contributed by atoms with Crippen molar-refractivity contribution in [3.63, 3.8) is 0 Å². The Bertz CT molecular complexity index is 1070. The number of anilines is 1. The normalized spacial score (nSPS) is 17.6. The number of pyridine rings is 1. The van der Waals surface area contributed by atoms with E-state index in [1.807, 2.05) is 42.5 Å². The molecule has 3 aromatic rings. The molecular weight excluding hydrogens is 428 g/mol. The highest BCUT2D eigenvalue weighted by molar-refractivity contribution is 5.79. The second-order valence-corrected chi connectivity index (χ2v) is 9.12. The molecule has 1 N–H and O–H groups in total. The van der Waals surface area contributed by atoms with Crippen LogP contribution in [0.15, 0.2) is 53.2 Å². The molecular formula is C26H32N6O2. The summed E-state index contributed by atoms with van der Waals surface area (Å²) in [5.41, 5.74) is 1.73. The number of piperidine rings is 2. The Labute approximate surface area is 200 Å². The summed E-state index contributed by atoms with van der Waals surface area (Å²) in [5, 5.41) is 7.32. The van der Waals surface area contributed by atoms with E-state index in [0.29, 0.717) is 11.7 Å². The molecule has 8 heteroatoms. The first-order chi connectivity index (χ1) is 16.8. The van der Waals surface area contributed by atoms with Gasteiger partial charge in [-0.05, 0) is 50.9 Å². The van der Waals surface area contributed by atoms with Crippen LogP contribution in [0, 0.1) is 5.92 Å². The lowest BCUT2D eigenvalue weighted by Gasteiger charge is -2.33. The number of nitrogens with one attached hydrogen (secondary N) is 1. The summed E-state index contributed by atoms with van der Waals surface area (Å²) in [4.78, 5) is 26.6. The Morgan fingerprint density at radius 1 is 1.00 bits per heavy atom. The highest BCUT2D eigenvalue weighted by atomic mass is 16.5. The van der Waals surface area contributed by atoms with Crippen molar-refractivity contribution in [3.8, 4) is 22.8 Å². The van der Waals surface area contributed by atoms with E-state index < -0.39 is 0 Å². The third kappa shape index (κ3) is 5.28. The number of hydrogen-bond acceptors (Lipinski definition) is 7. The van der Waals surface area contributed by atoms with Crippen LogP contribution in [0.3, 0.4) is 0 Å². The van der Waals surface area contributed by atoms with E-state index in [-0.39, 0.29) is 11.8 Å². The maximum atomic E-state index is 12.7. The lowest BCUT2D eigenvalue weighted by molar-refractivity contribution is -0.125. The van der Waals surface area contributed by atoms with Crippen molar-refractivity contribution in [3.05, 3.63) is 48.7 Å². The summed E-state index contributed by atoms with van der Waals surface area (Å²) in [7, 11) is 0. The summed E-state index contributed by atoms with van der Waals surface area (Å²) in [6, 6.07) is 13.6. The van der Waals surface area contributed by atoms with Gasteiger partial charge in [-0.25, -0.2) is 4.98 Å². The van der Waals surface area contributed by atoms with Crippen LogP contribution in [-0.2, 0) is 4.79 Å². The first kappa shape index (κ1) is 22.5. The summed E-state index contributed by atoms with van der Waals surface area (Å²) in [6.07, 6.45) is 7.29. The smallest absolute Gasteiger partial charge is 0.261 e. The van der Waals surface area contributed by atoms with Crippen LogP contribution in [0.5, 0.6) is 0 Å². The van der Waals surface area contributed by atoms with Gasteiger partial charge < -0.3 is 19.6 Å². The maximum absolute atomic E-state index is 12.7. The van der Waals surface area contributed by atoms with Gasteiger partial charge in [0.05, 0.1) is 5.56 Å². The lowest BCUT2D eigenvalue weighted by atomic mass is 9.95. The van der Waals surface area contributed by atoms with Crippen molar-refractivity contribution in [2.45, 2.75) is 32.1 Å². The van der Waals surface area contributed by atoms with Crippen LogP contribution >= 0.6 is 0 Å². The first-order valence-electron chi connectivity index (χ1n) is 12.4. The van der Waals surface area contributed by atoms with E-state index >= 15 is 0 Å². The van der Waals surface area contributed by atoms with Crippen molar-refractivity contribution in [1.29, 1.82) is 0 Å². The number of amides is 1. The predicted molar refractivity (Wildman–Crippen MR) is 131 cm³/mol. The quantitative estimate of drug-likeness (QED) is 0.576. The average molecular weight is 461 g/mol. The van der Waals surface area contributed by atoms with E-state index in [2.05, 4.69) is 30.2 Å². The number of hydrogen-bond donors (Lipinski definition) is 1. The van der Waals surface area contributed by atoms with Gasteiger partial charge in [0.2, 0.25) is 11.7 Å². The number of likely N-dealkylation sites (tertiary alicyclic amines) is 1. The topological polar surface area (TPSA) is 87.4 Å². The number of benzene rings is 1.